The number of amides is 1. The molecule has 1 heterocycles. The second-order valence-electron chi connectivity index (χ2n) is 5.98. The van der Waals surface area contributed by atoms with Crippen molar-refractivity contribution in [3.8, 4) is 0 Å². The largest absolute Gasteiger partial charge is 0.351 e. The van der Waals surface area contributed by atoms with E-state index in [1.165, 1.54) is 6.07 Å². The van der Waals surface area contributed by atoms with Gasteiger partial charge in [-0.15, -0.1) is 0 Å². The fourth-order valence-electron chi connectivity index (χ4n) is 2.85. The molecule has 1 saturated heterocycles. The molecule has 2 rings (SSSR count). The number of benzene rings is 1. The van der Waals surface area contributed by atoms with E-state index in [9.17, 15) is 13.2 Å². The van der Waals surface area contributed by atoms with Crippen molar-refractivity contribution in [2.24, 2.45) is 5.73 Å². The Labute approximate surface area is 138 Å². The Morgan fingerprint density at radius 3 is 2.78 bits per heavy atom. The predicted octanol–water partition coefficient (Wildman–Crippen LogP) is 1.25. The summed E-state index contributed by atoms with van der Waals surface area (Å²) in [6.07, 6.45) is 2.79. The Hall–Kier alpha value is -1.44. The van der Waals surface area contributed by atoms with Crippen molar-refractivity contribution in [2.45, 2.75) is 44.0 Å². The van der Waals surface area contributed by atoms with E-state index in [0.717, 1.165) is 24.8 Å². The highest BCUT2D eigenvalue weighted by molar-refractivity contribution is 7.89. The van der Waals surface area contributed by atoms with Gasteiger partial charge in [0, 0.05) is 31.2 Å². The molecule has 0 bridgehead atoms. The van der Waals surface area contributed by atoms with Gasteiger partial charge in [-0.25, -0.2) is 8.42 Å². The molecular weight excluding hydrogens is 314 g/mol. The van der Waals surface area contributed by atoms with Gasteiger partial charge >= 0.3 is 0 Å². The number of carbonyl (C=O) groups excluding carboxylic acids is 1. The first-order valence-corrected chi connectivity index (χ1v) is 9.42. The minimum Gasteiger partial charge on any atom is -0.351 e. The second kappa shape index (κ2) is 7.42. The molecular formula is C16H25N3O3S. The summed E-state index contributed by atoms with van der Waals surface area (Å²) in [5.41, 5.74) is 6.51. The number of sulfonamides is 1. The van der Waals surface area contributed by atoms with Crippen molar-refractivity contribution < 1.29 is 13.2 Å². The molecule has 1 unspecified atom stereocenters. The third kappa shape index (κ3) is 3.91. The Kier molecular flexibility index (Phi) is 5.78. The molecule has 1 aromatic carbocycles. The van der Waals surface area contributed by atoms with Crippen LogP contribution in [0.25, 0.3) is 0 Å². The smallest absolute Gasteiger partial charge is 0.251 e. The summed E-state index contributed by atoms with van der Waals surface area (Å²) in [4.78, 5) is 12.3. The number of aryl methyl sites for hydroxylation is 1. The molecule has 0 aliphatic carbocycles. The topological polar surface area (TPSA) is 92.5 Å². The first kappa shape index (κ1) is 17.9. The second-order valence-corrected chi connectivity index (χ2v) is 7.87. The van der Waals surface area contributed by atoms with Gasteiger partial charge in [-0.2, -0.15) is 4.31 Å². The first-order chi connectivity index (χ1) is 10.9. The fourth-order valence-corrected chi connectivity index (χ4v) is 4.58. The summed E-state index contributed by atoms with van der Waals surface area (Å²) in [5.74, 6) is -0.295. The number of nitrogens with zero attached hydrogens (tertiary/aromatic N) is 1. The maximum absolute atomic E-state index is 12.9. The van der Waals surface area contributed by atoms with Crippen molar-refractivity contribution in [3.05, 3.63) is 29.3 Å². The third-order valence-electron chi connectivity index (χ3n) is 4.23. The molecule has 1 amide bonds. The van der Waals surface area contributed by atoms with Gasteiger partial charge in [-0.05, 0) is 44.4 Å². The Bertz CT molecular complexity index is 673. The van der Waals surface area contributed by atoms with Crippen molar-refractivity contribution in [3.63, 3.8) is 0 Å². The van der Waals surface area contributed by atoms with E-state index < -0.39 is 10.0 Å². The minimum atomic E-state index is -3.58. The van der Waals surface area contributed by atoms with Crippen LogP contribution >= 0.6 is 0 Å². The summed E-state index contributed by atoms with van der Waals surface area (Å²) < 4.78 is 27.3. The van der Waals surface area contributed by atoms with Gasteiger partial charge in [0.25, 0.3) is 5.91 Å². The lowest BCUT2D eigenvalue weighted by Crippen LogP contribution is -2.42. The number of piperidine rings is 1. The van der Waals surface area contributed by atoms with Gasteiger partial charge in [0.2, 0.25) is 10.0 Å². The Morgan fingerprint density at radius 2 is 2.13 bits per heavy atom. The van der Waals surface area contributed by atoms with Crippen LogP contribution in [0.2, 0.25) is 0 Å². The van der Waals surface area contributed by atoms with Crippen LogP contribution in [0, 0.1) is 6.92 Å². The van der Waals surface area contributed by atoms with E-state index in [4.69, 9.17) is 5.73 Å². The molecule has 1 aliphatic rings. The van der Waals surface area contributed by atoms with Gasteiger partial charge < -0.3 is 11.1 Å². The highest BCUT2D eigenvalue weighted by atomic mass is 32.2. The predicted molar refractivity (Wildman–Crippen MR) is 89.8 cm³/mol. The van der Waals surface area contributed by atoms with Gasteiger partial charge in [-0.3, -0.25) is 4.79 Å². The van der Waals surface area contributed by atoms with E-state index >= 15 is 0 Å². The number of rotatable bonds is 5. The zero-order chi connectivity index (χ0) is 17.0. The number of carbonyl (C=O) groups is 1. The number of nitrogens with two attached hydrogens (primary N) is 1. The molecule has 0 aromatic heterocycles. The van der Waals surface area contributed by atoms with Crippen LogP contribution in [0.15, 0.2) is 23.1 Å². The fraction of sp³-hybridized carbons (Fsp3) is 0.562. The number of hydrogen-bond acceptors (Lipinski definition) is 4. The molecule has 0 saturated carbocycles. The maximum atomic E-state index is 12.9. The molecule has 1 aromatic rings. The average Bonchev–Trinajstić information content (AvgIpc) is 2.53. The SMILES string of the molecule is Cc1ccc(S(=O)(=O)N2CCCCC2C)cc1C(=O)NCCN. The van der Waals surface area contributed by atoms with E-state index in [0.29, 0.717) is 25.2 Å². The molecule has 3 N–H and O–H groups in total. The van der Waals surface area contributed by atoms with E-state index in [1.54, 1.807) is 23.4 Å². The highest BCUT2D eigenvalue weighted by Gasteiger charge is 2.31. The van der Waals surface area contributed by atoms with Crippen LogP contribution < -0.4 is 11.1 Å². The number of hydrogen-bond donors (Lipinski definition) is 2. The molecule has 1 aliphatic heterocycles. The molecule has 7 heteroatoms. The van der Waals surface area contributed by atoms with Crippen LogP contribution in [0.4, 0.5) is 0 Å². The summed E-state index contributed by atoms with van der Waals surface area (Å²) in [6, 6.07) is 4.71. The molecule has 0 radical (unpaired) electrons. The lowest BCUT2D eigenvalue weighted by molar-refractivity contribution is 0.0954. The number of nitrogens with one attached hydrogen (secondary N) is 1. The molecule has 128 valence electrons. The summed E-state index contributed by atoms with van der Waals surface area (Å²) in [6.45, 7) is 4.95. The van der Waals surface area contributed by atoms with E-state index in [1.807, 2.05) is 6.92 Å². The normalized spacial score (nSPS) is 19.5. The zero-order valence-electron chi connectivity index (χ0n) is 13.7. The van der Waals surface area contributed by atoms with Crippen LogP contribution in [0.3, 0.4) is 0 Å². The highest BCUT2D eigenvalue weighted by Crippen LogP contribution is 2.26. The zero-order valence-corrected chi connectivity index (χ0v) is 14.5. The first-order valence-electron chi connectivity index (χ1n) is 7.98. The molecule has 6 nitrogen and oxygen atoms in total. The summed E-state index contributed by atoms with van der Waals surface area (Å²) in [5, 5.41) is 2.68. The van der Waals surface area contributed by atoms with Gasteiger partial charge in [0.1, 0.15) is 0 Å². The summed E-state index contributed by atoms with van der Waals surface area (Å²) >= 11 is 0. The van der Waals surface area contributed by atoms with Gasteiger partial charge in [-0.1, -0.05) is 12.5 Å². The molecule has 1 fully saturated rings. The average molecular weight is 339 g/mol. The van der Waals surface area contributed by atoms with Gasteiger partial charge in [0.15, 0.2) is 0 Å². The van der Waals surface area contributed by atoms with E-state index in [-0.39, 0.29) is 16.8 Å². The minimum absolute atomic E-state index is 0.00966. The van der Waals surface area contributed by atoms with Crippen LogP contribution in [-0.2, 0) is 10.0 Å². The Morgan fingerprint density at radius 1 is 1.39 bits per heavy atom. The van der Waals surface area contributed by atoms with Crippen molar-refractivity contribution in [2.75, 3.05) is 19.6 Å². The van der Waals surface area contributed by atoms with Crippen molar-refractivity contribution in [1.82, 2.24) is 9.62 Å². The van der Waals surface area contributed by atoms with Crippen molar-refractivity contribution in [1.29, 1.82) is 0 Å². The quantitative estimate of drug-likeness (QED) is 0.844. The maximum Gasteiger partial charge on any atom is 0.251 e. The van der Waals surface area contributed by atoms with Crippen molar-refractivity contribution >= 4 is 15.9 Å². The summed E-state index contributed by atoms with van der Waals surface area (Å²) in [7, 11) is -3.58. The van der Waals surface area contributed by atoms with Crippen LogP contribution in [-0.4, -0.2) is 44.3 Å². The van der Waals surface area contributed by atoms with E-state index in [2.05, 4.69) is 5.32 Å². The van der Waals surface area contributed by atoms with Crippen LogP contribution in [0.1, 0.15) is 42.1 Å². The Balaban J connectivity index is 2.34. The lowest BCUT2D eigenvalue weighted by Gasteiger charge is -2.32. The standard InChI is InChI=1S/C16H25N3O3S/c1-12-6-7-14(11-15(12)16(20)18-9-8-17)23(21,22)19-10-4-3-5-13(19)2/h6-7,11,13H,3-5,8-10,17H2,1-2H3,(H,18,20). The molecule has 23 heavy (non-hydrogen) atoms. The van der Waals surface area contributed by atoms with Gasteiger partial charge in [0.05, 0.1) is 4.90 Å². The lowest BCUT2D eigenvalue weighted by atomic mass is 10.1. The monoisotopic (exact) mass is 339 g/mol. The molecule has 0 spiro atoms. The third-order valence-corrected chi connectivity index (χ3v) is 6.24. The molecule has 1 atom stereocenters. The van der Waals surface area contributed by atoms with Crippen LogP contribution in [0.5, 0.6) is 0 Å².